The topological polar surface area (TPSA) is 102 Å². The summed E-state index contributed by atoms with van der Waals surface area (Å²) < 4.78 is 1.78. The number of hydrogen-bond donors (Lipinski definition) is 1. The van der Waals surface area contributed by atoms with E-state index in [0.29, 0.717) is 21.2 Å². The molecule has 0 radical (unpaired) electrons. The van der Waals surface area contributed by atoms with E-state index < -0.39 is 4.92 Å². The van der Waals surface area contributed by atoms with Crippen molar-refractivity contribution in [3.63, 3.8) is 0 Å². The number of nitro benzene ring substituents is 1. The highest BCUT2D eigenvalue weighted by Crippen LogP contribution is 2.34. The molecule has 0 atom stereocenters. The number of nitrogens with zero attached hydrogens (tertiary/aromatic N) is 4. The Labute approximate surface area is 165 Å². The fourth-order valence-electron chi connectivity index (χ4n) is 2.45. The van der Waals surface area contributed by atoms with E-state index in [9.17, 15) is 14.9 Å². The molecule has 28 heavy (non-hydrogen) atoms. The van der Waals surface area contributed by atoms with Crippen molar-refractivity contribution in [1.82, 2.24) is 15.0 Å². The molecule has 0 saturated carbocycles. The highest BCUT2D eigenvalue weighted by Gasteiger charge is 2.17. The minimum absolute atomic E-state index is 0.0535. The molecule has 0 unspecified atom stereocenters. The second-order valence-electron chi connectivity index (χ2n) is 5.92. The minimum atomic E-state index is -0.450. The van der Waals surface area contributed by atoms with E-state index in [1.807, 2.05) is 26.1 Å². The maximum absolute atomic E-state index is 12.1. The van der Waals surface area contributed by atoms with Crippen molar-refractivity contribution in [3.8, 4) is 0 Å². The highest BCUT2D eigenvalue weighted by atomic mass is 32.2. The lowest BCUT2D eigenvalue weighted by Gasteiger charge is -2.05. The molecule has 3 aromatic rings. The molecule has 0 aliphatic carbocycles. The predicted octanol–water partition coefficient (Wildman–Crippen LogP) is 3.55. The number of carbonyl (C=O) groups is 1. The molecule has 1 heterocycles. The number of hydrazone groups is 1. The SMILES string of the molecule is Cc1ccccc1C(=O)N/N=C/c1ccc(Sc2nccn2C)c([N+](=O)[O-])c1. The standard InChI is InChI=1S/C19H17N5O3S/c1-13-5-3-4-6-15(13)18(25)22-21-12-14-7-8-17(16(11-14)24(26)27)28-19-20-9-10-23(19)2/h3-12H,1-2H3,(H,22,25)/b21-12+. The lowest BCUT2D eigenvalue weighted by Crippen LogP contribution is -2.18. The number of nitro groups is 1. The van der Waals surface area contributed by atoms with Crippen LogP contribution >= 0.6 is 11.8 Å². The van der Waals surface area contributed by atoms with Crippen molar-refractivity contribution in [2.24, 2.45) is 12.1 Å². The molecule has 142 valence electrons. The first-order chi connectivity index (χ1) is 13.5. The van der Waals surface area contributed by atoms with E-state index in [2.05, 4.69) is 15.5 Å². The number of aromatic nitrogens is 2. The number of nitrogens with one attached hydrogen (secondary N) is 1. The predicted molar refractivity (Wildman–Crippen MR) is 107 cm³/mol. The Hall–Kier alpha value is -3.46. The van der Waals surface area contributed by atoms with Crippen LogP contribution in [0.25, 0.3) is 0 Å². The number of amides is 1. The number of hydrogen-bond acceptors (Lipinski definition) is 6. The Balaban J connectivity index is 1.75. The van der Waals surface area contributed by atoms with Gasteiger partial charge in [0, 0.05) is 36.6 Å². The van der Waals surface area contributed by atoms with Gasteiger partial charge in [-0.3, -0.25) is 14.9 Å². The van der Waals surface area contributed by atoms with Gasteiger partial charge in [0.05, 0.1) is 16.0 Å². The number of aryl methyl sites for hydroxylation is 2. The molecule has 9 heteroatoms. The van der Waals surface area contributed by atoms with Crippen LogP contribution in [0.15, 0.2) is 70.0 Å². The molecule has 3 rings (SSSR count). The summed E-state index contributed by atoms with van der Waals surface area (Å²) in [6, 6.07) is 11.9. The normalized spacial score (nSPS) is 10.9. The molecular formula is C19H17N5O3S. The summed E-state index contributed by atoms with van der Waals surface area (Å²) in [6.07, 6.45) is 4.77. The fraction of sp³-hybridized carbons (Fsp3) is 0.105. The van der Waals surface area contributed by atoms with Gasteiger partial charge in [-0.2, -0.15) is 5.10 Å². The average Bonchev–Trinajstić information content (AvgIpc) is 3.07. The lowest BCUT2D eigenvalue weighted by atomic mass is 10.1. The molecular weight excluding hydrogens is 378 g/mol. The third-order valence-electron chi connectivity index (χ3n) is 3.93. The van der Waals surface area contributed by atoms with Crippen LogP contribution in [-0.4, -0.2) is 26.6 Å². The molecule has 0 saturated heterocycles. The first-order valence-electron chi connectivity index (χ1n) is 8.28. The van der Waals surface area contributed by atoms with E-state index in [4.69, 9.17) is 0 Å². The van der Waals surface area contributed by atoms with E-state index in [0.717, 1.165) is 5.56 Å². The Morgan fingerprint density at radius 3 is 2.79 bits per heavy atom. The van der Waals surface area contributed by atoms with Gasteiger partial charge in [-0.15, -0.1) is 0 Å². The van der Waals surface area contributed by atoms with Gasteiger partial charge in [0.15, 0.2) is 5.16 Å². The number of rotatable bonds is 6. The van der Waals surface area contributed by atoms with Crippen LogP contribution < -0.4 is 5.43 Å². The van der Waals surface area contributed by atoms with Crippen LogP contribution in [0, 0.1) is 17.0 Å². The minimum Gasteiger partial charge on any atom is -0.329 e. The zero-order valence-electron chi connectivity index (χ0n) is 15.2. The van der Waals surface area contributed by atoms with Gasteiger partial charge in [0.2, 0.25) is 0 Å². The summed E-state index contributed by atoms with van der Waals surface area (Å²) in [4.78, 5) is 27.8. The van der Waals surface area contributed by atoms with Crippen LogP contribution in [0.2, 0.25) is 0 Å². The van der Waals surface area contributed by atoms with Crippen molar-refractivity contribution < 1.29 is 9.72 Å². The Morgan fingerprint density at radius 2 is 2.11 bits per heavy atom. The zero-order chi connectivity index (χ0) is 20.1. The van der Waals surface area contributed by atoms with Crippen molar-refractivity contribution >= 4 is 29.6 Å². The quantitative estimate of drug-likeness (QED) is 0.391. The molecule has 2 aromatic carbocycles. The number of carbonyl (C=O) groups excluding carboxylic acids is 1. The van der Waals surface area contributed by atoms with Gasteiger partial charge in [0.25, 0.3) is 11.6 Å². The van der Waals surface area contributed by atoms with Crippen LogP contribution in [0.4, 0.5) is 5.69 Å². The molecule has 0 spiro atoms. The molecule has 1 aromatic heterocycles. The zero-order valence-corrected chi connectivity index (χ0v) is 16.0. The van der Waals surface area contributed by atoms with Gasteiger partial charge >= 0.3 is 0 Å². The first-order valence-corrected chi connectivity index (χ1v) is 9.10. The molecule has 1 amide bonds. The van der Waals surface area contributed by atoms with Crippen molar-refractivity contribution in [3.05, 3.63) is 81.7 Å². The van der Waals surface area contributed by atoms with Gasteiger partial charge < -0.3 is 4.57 Å². The van der Waals surface area contributed by atoms with Gasteiger partial charge in [-0.1, -0.05) is 24.3 Å². The molecule has 0 bridgehead atoms. The van der Waals surface area contributed by atoms with Crippen molar-refractivity contribution in [1.29, 1.82) is 0 Å². The fourth-order valence-corrected chi connectivity index (χ4v) is 3.33. The Morgan fingerprint density at radius 1 is 1.32 bits per heavy atom. The second kappa shape index (κ2) is 8.49. The third kappa shape index (κ3) is 4.44. The largest absolute Gasteiger partial charge is 0.329 e. The van der Waals surface area contributed by atoms with Crippen LogP contribution in [0.5, 0.6) is 0 Å². The number of imidazole rings is 1. The average molecular weight is 395 g/mol. The van der Waals surface area contributed by atoms with Crippen molar-refractivity contribution in [2.75, 3.05) is 0 Å². The van der Waals surface area contributed by atoms with E-state index in [1.165, 1.54) is 24.0 Å². The van der Waals surface area contributed by atoms with Crippen LogP contribution in [0.1, 0.15) is 21.5 Å². The molecule has 0 aliphatic heterocycles. The first kappa shape index (κ1) is 19.3. The molecule has 0 aliphatic rings. The third-order valence-corrected chi connectivity index (χ3v) is 5.07. The maximum atomic E-state index is 12.1. The number of benzene rings is 2. The Bertz CT molecular complexity index is 1060. The second-order valence-corrected chi connectivity index (χ2v) is 6.93. The van der Waals surface area contributed by atoms with E-state index in [-0.39, 0.29) is 11.6 Å². The monoisotopic (exact) mass is 395 g/mol. The smallest absolute Gasteiger partial charge is 0.283 e. The van der Waals surface area contributed by atoms with Gasteiger partial charge in [0.1, 0.15) is 0 Å². The summed E-state index contributed by atoms with van der Waals surface area (Å²) in [6.45, 7) is 1.83. The van der Waals surface area contributed by atoms with Crippen molar-refractivity contribution in [2.45, 2.75) is 17.0 Å². The summed E-state index contributed by atoms with van der Waals surface area (Å²) in [7, 11) is 1.82. The molecule has 8 nitrogen and oxygen atoms in total. The maximum Gasteiger partial charge on any atom is 0.283 e. The highest BCUT2D eigenvalue weighted by molar-refractivity contribution is 7.99. The van der Waals surface area contributed by atoms with Crippen LogP contribution in [-0.2, 0) is 7.05 Å². The van der Waals surface area contributed by atoms with Gasteiger partial charge in [-0.05, 0) is 36.4 Å². The molecule has 0 fully saturated rings. The van der Waals surface area contributed by atoms with E-state index in [1.54, 1.807) is 41.2 Å². The van der Waals surface area contributed by atoms with Gasteiger partial charge in [-0.25, -0.2) is 10.4 Å². The van der Waals surface area contributed by atoms with Crippen LogP contribution in [0.3, 0.4) is 0 Å². The summed E-state index contributed by atoms with van der Waals surface area (Å²) in [5.74, 6) is -0.342. The molecule has 1 N–H and O–H groups in total. The summed E-state index contributed by atoms with van der Waals surface area (Å²) in [5, 5.41) is 16.0. The Kier molecular flexibility index (Phi) is 5.85. The lowest BCUT2D eigenvalue weighted by molar-refractivity contribution is -0.387. The summed E-state index contributed by atoms with van der Waals surface area (Å²) >= 11 is 1.21. The van der Waals surface area contributed by atoms with E-state index >= 15 is 0 Å². The summed E-state index contributed by atoms with van der Waals surface area (Å²) in [5.41, 5.74) is 4.24.